The molecule has 0 aliphatic carbocycles. The molecule has 3 aromatic carbocycles. The van der Waals surface area contributed by atoms with Gasteiger partial charge in [-0.15, -0.1) is 0 Å². The van der Waals surface area contributed by atoms with Crippen LogP contribution >= 0.6 is 0 Å². The molecule has 6 nitrogen and oxygen atoms in total. The highest BCUT2D eigenvalue weighted by atomic mass is 16.7. The van der Waals surface area contributed by atoms with Gasteiger partial charge in [-0.05, 0) is 54.7 Å². The fourth-order valence-corrected chi connectivity index (χ4v) is 4.08. The molecule has 1 N–H and O–H groups in total. The van der Waals surface area contributed by atoms with Gasteiger partial charge in [0, 0.05) is 24.2 Å². The number of ether oxygens (including phenoxy) is 4. The van der Waals surface area contributed by atoms with E-state index < -0.39 is 12.1 Å². The first-order valence-corrected chi connectivity index (χ1v) is 12.4. The second kappa shape index (κ2) is 12.8. The van der Waals surface area contributed by atoms with Gasteiger partial charge >= 0.3 is 5.97 Å². The first-order chi connectivity index (χ1) is 17.7. The molecule has 1 unspecified atom stereocenters. The van der Waals surface area contributed by atoms with Crippen LogP contribution in [-0.2, 0) is 16.0 Å². The van der Waals surface area contributed by atoms with Crippen molar-refractivity contribution in [2.75, 3.05) is 20.0 Å². The van der Waals surface area contributed by atoms with E-state index in [2.05, 4.69) is 18.2 Å². The Hall–Kier alpha value is -3.77. The molecule has 1 heterocycles. The predicted molar refractivity (Wildman–Crippen MR) is 139 cm³/mol. The lowest BCUT2D eigenvalue weighted by Crippen LogP contribution is -2.26. The summed E-state index contributed by atoms with van der Waals surface area (Å²) in [7, 11) is 0. The van der Waals surface area contributed by atoms with Crippen molar-refractivity contribution in [3.05, 3.63) is 95.6 Å². The van der Waals surface area contributed by atoms with E-state index in [-0.39, 0.29) is 6.79 Å². The van der Waals surface area contributed by atoms with E-state index >= 15 is 0 Å². The van der Waals surface area contributed by atoms with E-state index in [4.69, 9.17) is 18.9 Å². The summed E-state index contributed by atoms with van der Waals surface area (Å²) < 4.78 is 23.0. The van der Waals surface area contributed by atoms with Crippen molar-refractivity contribution >= 4 is 11.5 Å². The van der Waals surface area contributed by atoms with Gasteiger partial charge in [0.05, 0.1) is 6.61 Å². The van der Waals surface area contributed by atoms with Gasteiger partial charge in [-0.3, -0.25) is 0 Å². The molecule has 0 aromatic heterocycles. The third kappa shape index (κ3) is 6.67. The lowest BCUT2D eigenvalue weighted by atomic mass is 9.94. The number of carboxylic acid groups (broad SMARTS) is 1. The molecule has 0 fully saturated rings. The maximum absolute atomic E-state index is 11.4. The van der Waals surface area contributed by atoms with Crippen LogP contribution in [0.2, 0.25) is 0 Å². The Morgan fingerprint density at radius 3 is 2.19 bits per heavy atom. The maximum atomic E-state index is 11.4. The molecule has 0 saturated heterocycles. The molecule has 1 aliphatic heterocycles. The number of benzene rings is 3. The number of hydrogen-bond donors (Lipinski definition) is 1. The van der Waals surface area contributed by atoms with Gasteiger partial charge in [-0.1, -0.05) is 61.5 Å². The third-order valence-corrected chi connectivity index (χ3v) is 5.89. The fourth-order valence-electron chi connectivity index (χ4n) is 4.08. The molecule has 6 heteroatoms. The van der Waals surface area contributed by atoms with E-state index in [9.17, 15) is 9.90 Å². The van der Waals surface area contributed by atoms with Crippen molar-refractivity contribution in [2.45, 2.75) is 38.7 Å². The van der Waals surface area contributed by atoms with Crippen molar-refractivity contribution in [3.63, 3.8) is 0 Å². The Labute approximate surface area is 212 Å². The van der Waals surface area contributed by atoms with Crippen LogP contribution in [0.15, 0.2) is 78.9 Å². The highest BCUT2D eigenvalue weighted by Gasteiger charge is 2.19. The average Bonchev–Trinajstić information content (AvgIpc) is 2.89. The molecule has 0 saturated carbocycles. The predicted octanol–water partition coefficient (Wildman–Crippen LogP) is 6.13. The molecule has 0 amide bonds. The zero-order valence-electron chi connectivity index (χ0n) is 20.5. The van der Waals surface area contributed by atoms with E-state index in [1.165, 1.54) is 0 Å². The number of allylic oxidation sites excluding steroid dienone is 1. The van der Waals surface area contributed by atoms with Gasteiger partial charge < -0.3 is 24.1 Å². The Morgan fingerprint density at radius 2 is 1.58 bits per heavy atom. The largest absolute Gasteiger partial charge is 0.494 e. The van der Waals surface area contributed by atoms with E-state index in [0.29, 0.717) is 19.6 Å². The minimum Gasteiger partial charge on any atom is -0.494 e. The molecule has 0 spiro atoms. The van der Waals surface area contributed by atoms with E-state index in [1.807, 2.05) is 67.6 Å². The topological polar surface area (TPSA) is 74.2 Å². The minimum atomic E-state index is -0.939. The molecule has 1 aliphatic rings. The Kier molecular flexibility index (Phi) is 9.00. The highest BCUT2D eigenvalue weighted by molar-refractivity contribution is 5.85. The standard InChI is InChI=1S/C30H32O6/c1-2-18-34-29(30(31)32)20-22-14-16-23(17-15-22)33-19-8-7-9-24-25-10-3-5-12-27(25)35-21-36-28-13-6-4-11-26(24)28/h3-6,9-17,29H,2,7-8,18-21H2,1H3,(H,31,32). The van der Waals surface area contributed by atoms with Crippen LogP contribution in [0, 0.1) is 0 Å². The number of carbonyl (C=O) groups is 1. The van der Waals surface area contributed by atoms with Crippen molar-refractivity contribution in [2.24, 2.45) is 0 Å². The number of para-hydroxylation sites is 2. The molecule has 36 heavy (non-hydrogen) atoms. The molecule has 188 valence electrons. The van der Waals surface area contributed by atoms with Crippen LogP contribution in [0.4, 0.5) is 0 Å². The van der Waals surface area contributed by atoms with Crippen molar-refractivity contribution in [1.29, 1.82) is 0 Å². The Bertz CT molecular complexity index is 1120. The summed E-state index contributed by atoms with van der Waals surface area (Å²) in [6.07, 6.45) is 4.16. The van der Waals surface area contributed by atoms with Gasteiger partial charge in [0.1, 0.15) is 17.2 Å². The molecular formula is C30H32O6. The first-order valence-electron chi connectivity index (χ1n) is 12.4. The van der Waals surface area contributed by atoms with Crippen LogP contribution < -0.4 is 14.2 Å². The Balaban J connectivity index is 1.35. The van der Waals surface area contributed by atoms with Gasteiger partial charge in [0.2, 0.25) is 6.79 Å². The zero-order chi connectivity index (χ0) is 25.2. The second-order valence-electron chi connectivity index (χ2n) is 8.55. The summed E-state index contributed by atoms with van der Waals surface area (Å²) in [6, 6.07) is 23.6. The summed E-state index contributed by atoms with van der Waals surface area (Å²) in [4.78, 5) is 11.4. The van der Waals surface area contributed by atoms with Crippen molar-refractivity contribution in [1.82, 2.24) is 0 Å². The molecule has 3 aromatic rings. The van der Waals surface area contributed by atoms with Crippen LogP contribution in [0.1, 0.15) is 42.9 Å². The number of fused-ring (bicyclic) bond motifs is 2. The number of aliphatic carboxylic acids is 1. The zero-order valence-corrected chi connectivity index (χ0v) is 20.5. The van der Waals surface area contributed by atoms with Gasteiger partial charge in [-0.2, -0.15) is 0 Å². The van der Waals surface area contributed by atoms with Gasteiger partial charge in [-0.25, -0.2) is 4.79 Å². The number of hydrogen-bond acceptors (Lipinski definition) is 5. The second-order valence-corrected chi connectivity index (χ2v) is 8.55. The Morgan fingerprint density at radius 1 is 0.944 bits per heavy atom. The van der Waals surface area contributed by atoms with E-state index in [0.717, 1.165) is 58.8 Å². The van der Waals surface area contributed by atoms with Gasteiger partial charge in [0.25, 0.3) is 0 Å². The van der Waals surface area contributed by atoms with Crippen molar-refractivity contribution in [3.8, 4) is 17.2 Å². The third-order valence-electron chi connectivity index (χ3n) is 5.89. The lowest BCUT2D eigenvalue weighted by molar-refractivity contribution is -0.150. The summed E-state index contributed by atoms with van der Waals surface area (Å²) in [5.41, 5.74) is 4.09. The van der Waals surface area contributed by atoms with Crippen LogP contribution in [0.25, 0.3) is 5.57 Å². The first kappa shape index (κ1) is 25.3. The molecule has 0 radical (unpaired) electrons. The number of unbranched alkanes of at least 4 members (excludes halogenated alkanes) is 1. The molecule has 0 bridgehead atoms. The van der Waals surface area contributed by atoms with Gasteiger partial charge in [0.15, 0.2) is 6.10 Å². The van der Waals surface area contributed by atoms with E-state index in [1.54, 1.807) is 0 Å². The van der Waals surface area contributed by atoms with Crippen molar-refractivity contribution < 1.29 is 28.8 Å². The molecule has 1 atom stereocenters. The summed E-state index contributed by atoms with van der Waals surface area (Å²) in [5.74, 6) is 1.43. The SMILES string of the molecule is CCCOC(Cc1ccc(OCCCC=C2c3ccccc3OCOc3ccccc32)cc1)C(=O)O. The maximum Gasteiger partial charge on any atom is 0.333 e. The smallest absolute Gasteiger partial charge is 0.333 e. The average molecular weight is 489 g/mol. The van der Waals surface area contributed by atoms with Crippen LogP contribution in [0.5, 0.6) is 17.2 Å². The fraction of sp³-hybridized carbons (Fsp3) is 0.300. The quantitative estimate of drug-likeness (QED) is 0.327. The number of carboxylic acids is 1. The lowest BCUT2D eigenvalue weighted by Gasteiger charge is -2.21. The molecular weight excluding hydrogens is 456 g/mol. The molecule has 4 rings (SSSR count). The summed E-state index contributed by atoms with van der Waals surface area (Å²) in [5, 5.41) is 9.35. The van der Waals surface area contributed by atoms with Crippen LogP contribution in [0.3, 0.4) is 0 Å². The highest BCUT2D eigenvalue weighted by Crippen LogP contribution is 2.37. The number of rotatable bonds is 11. The summed E-state index contributed by atoms with van der Waals surface area (Å²) in [6.45, 7) is 3.14. The van der Waals surface area contributed by atoms with Crippen LogP contribution in [-0.4, -0.2) is 37.2 Å². The minimum absolute atomic E-state index is 0.177. The summed E-state index contributed by atoms with van der Waals surface area (Å²) >= 11 is 0. The normalized spacial score (nSPS) is 13.2. The monoisotopic (exact) mass is 488 g/mol.